The number of hydrogen-bond acceptors (Lipinski definition) is 7. The summed E-state index contributed by atoms with van der Waals surface area (Å²) in [6.45, 7) is 10.7. The number of methoxy groups -OCH3 is 1. The van der Waals surface area contributed by atoms with Crippen LogP contribution in [-0.2, 0) is 10.7 Å². The van der Waals surface area contributed by atoms with Gasteiger partial charge in [-0.05, 0) is 56.4 Å². The van der Waals surface area contributed by atoms with Crippen LogP contribution in [0, 0.1) is 5.92 Å². The molecule has 2 aliphatic rings. The number of ether oxygens (including phenoxy) is 1. The first kappa shape index (κ1) is 29.1. The molecule has 0 aromatic carbocycles. The van der Waals surface area contributed by atoms with Gasteiger partial charge in [-0.15, -0.1) is 0 Å². The summed E-state index contributed by atoms with van der Waals surface area (Å²) < 4.78 is 33.3. The molecule has 1 aliphatic heterocycles. The molecule has 0 saturated carbocycles. The first-order chi connectivity index (χ1) is 18.1. The summed E-state index contributed by atoms with van der Waals surface area (Å²) in [5.41, 5.74) is 13.1. The van der Waals surface area contributed by atoms with Crippen LogP contribution >= 0.6 is 0 Å². The van der Waals surface area contributed by atoms with Crippen LogP contribution < -0.4 is 21.8 Å². The molecule has 5 N–H and O–H groups in total. The molecule has 0 saturated heterocycles. The fourth-order valence-electron chi connectivity index (χ4n) is 4.37. The van der Waals surface area contributed by atoms with Gasteiger partial charge in [0.2, 0.25) is 0 Å². The Morgan fingerprint density at radius 2 is 2.21 bits per heavy atom. The highest BCUT2D eigenvalue weighted by molar-refractivity contribution is 5.99. The van der Waals surface area contributed by atoms with Gasteiger partial charge in [-0.1, -0.05) is 30.9 Å². The van der Waals surface area contributed by atoms with Gasteiger partial charge in [0.15, 0.2) is 0 Å². The molecule has 1 aromatic heterocycles. The smallest absolute Gasteiger partial charge is 0.272 e. The number of amidine groups is 1. The predicted octanol–water partition coefficient (Wildman–Crippen LogP) is 5.23. The zero-order valence-corrected chi connectivity index (χ0v) is 22.8. The highest BCUT2D eigenvalue weighted by atomic mass is 19.3. The van der Waals surface area contributed by atoms with E-state index in [0.29, 0.717) is 42.6 Å². The van der Waals surface area contributed by atoms with Gasteiger partial charge in [-0.3, -0.25) is 0 Å². The van der Waals surface area contributed by atoms with Gasteiger partial charge in [-0.25, -0.2) is 13.8 Å². The minimum absolute atomic E-state index is 0.0583. The molecule has 0 radical (unpaired) electrons. The molecule has 2 heterocycles. The van der Waals surface area contributed by atoms with Gasteiger partial charge < -0.3 is 26.5 Å². The molecule has 0 fully saturated rings. The molecular formula is C29H40F2N6O. The Kier molecular flexibility index (Phi) is 10.2. The Morgan fingerprint density at radius 1 is 1.42 bits per heavy atom. The molecule has 1 aliphatic carbocycles. The average Bonchev–Trinajstić information content (AvgIpc) is 3.14. The van der Waals surface area contributed by atoms with Crippen LogP contribution in [0.25, 0.3) is 5.70 Å². The van der Waals surface area contributed by atoms with E-state index in [1.165, 1.54) is 17.8 Å². The van der Waals surface area contributed by atoms with Crippen molar-refractivity contribution in [1.82, 2.24) is 15.7 Å². The maximum absolute atomic E-state index is 14.1. The predicted molar refractivity (Wildman–Crippen MR) is 152 cm³/mol. The first-order valence-electron chi connectivity index (χ1n) is 13.0. The van der Waals surface area contributed by atoms with Crippen molar-refractivity contribution in [2.75, 3.05) is 32.1 Å². The number of hydrazone groups is 1. The Bertz CT molecular complexity index is 1150. The number of anilines is 1. The van der Waals surface area contributed by atoms with E-state index in [-0.39, 0.29) is 17.5 Å². The van der Waals surface area contributed by atoms with Crippen LogP contribution in [0.3, 0.4) is 0 Å². The summed E-state index contributed by atoms with van der Waals surface area (Å²) in [6.07, 6.45) is 14.6. The molecule has 206 valence electrons. The highest BCUT2D eigenvalue weighted by Gasteiger charge is 2.26. The van der Waals surface area contributed by atoms with Gasteiger partial charge in [0.25, 0.3) is 5.92 Å². The second kappa shape index (κ2) is 13.4. The van der Waals surface area contributed by atoms with E-state index in [4.69, 9.17) is 10.5 Å². The van der Waals surface area contributed by atoms with Crippen LogP contribution in [0.2, 0.25) is 0 Å². The number of nitrogens with zero attached hydrogens (tertiary/aromatic N) is 2. The van der Waals surface area contributed by atoms with E-state index in [1.54, 1.807) is 7.11 Å². The first-order valence-corrected chi connectivity index (χ1v) is 13.0. The largest absolute Gasteiger partial charge is 0.385 e. The van der Waals surface area contributed by atoms with E-state index < -0.39 is 5.92 Å². The zero-order chi connectivity index (χ0) is 27.7. The van der Waals surface area contributed by atoms with Gasteiger partial charge in [0.1, 0.15) is 11.7 Å². The lowest BCUT2D eigenvalue weighted by Gasteiger charge is -2.21. The molecule has 9 heteroatoms. The molecule has 38 heavy (non-hydrogen) atoms. The van der Waals surface area contributed by atoms with E-state index >= 15 is 0 Å². The second-order valence-corrected chi connectivity index (χ2v) is 9.78. The van der Waals surface area contributed by atoms with Crippen molar-refractivity contribution in [1.29, 1.82) is 0 Å². The number of allylic oxidation sites excluding steroid dienone is 5. The van der Waals surface area contributed by atoms with Crippen LogP contribution in [0.15, 0.2) is 71.0 Å². The molecule has 0 amide bonds. The maximum atomic E-state index is 14.1. The molecule has 0 spiro atoms. The molecule has 3 rings (SSSR count). The number of aromatic nitrogens is 1. The van der Waals surface area contributed by atoms with Crippen LogP contribution in [0.4, 0.5) is 14.6 Å². The lowest BCUT2D eigenvalue weighted by atomic mass is 9.92. The maximum Gasteiger partial charge on any atom is 0.272 e. The number of halogens is 2. The summed E-state index contributed by atoms with van der Waals surface area (Å²) >= 11 is 0. The Labute approximate surface area is 224 Å². The topological polar surface area (TPSA) is 96.6 Å². The lowest BCUT2D eigenvalue weighted by Crippen LogP contribution is -2.26. The number of pyridine rings is 1. The van der Waals surface area contributed by atoms with Crippen LogP contribution in [-0.4, -0.2) is 43.7 Å². The average molecular weight is 527 g/mol. The molecule has 1 aromatic rings. The summed E-state index contributed by atoms with van der Waals surface area (Å²) in [5.74, 6) is -1.71. The third-order valence-corrected chi connectivity index (χ3v) is 6.68. The summed E-state index contributed by atoms with van der Waals surface area (Å²) in [7, 11) is 1.65. The molecule has 0 bridgehead atoms. The number of nitrogens with two attached hydrogens (primary N) is 1. The van der Waals surface area contributed by atoms with Crippen molar-refractivity contribution in [3.8, 4) is 0 Å². The SMILES string of the molecule is C=C(NC(C)CCOC)c1cc(C(C)(F)F)cnc1NCC1=CCCC(C(=C/C)/C=C2\CNN=C2N)C=C1. The molecule has 7 nitrogen and oxygen atoms in total. The van der Waals surface area contributed by atoms with E-state index in [2.05, 4.69) is 63.1 Å². The Balaban J connectivity index is 1.73. The second-order valence-electron chi connectivity index (χ2n) is 9.78. The van der Waals surface area contributed by atoms with Gasteiger partial charge >= 0.3 is 0 Å². The minimum Gasteiger partial charge on any atom is -0.385 e. The van der Waals surface area contributed by atoms with Crippen molar-refractivity contribution in [2.45, 2.75) is 52.0 Å². The van der Waals surface area contributed by atoms with Crippen molar-refractivity contribution >= 4 is 17.4 Å². The Hall–Kier alpha value is -3.46. The fraction of sp³-hybridized carbons (Fsp3) is 0.448. The van der Waals surface area contributed by atoms with Crippen LogP contribution in [0.5, 0.6) is 0 Å². The van der Waals surface area contributed by atoms with Crippen molar-refractivity contribution in [2.24, 2.45) is 16.8 Å². The minimum atomic E-state index is -3.01. The van der Waals surface area contributed by atoms with Crippen molar-refractivity contribution in [3.63, 3.8) is 0 Å². The number of alkyl halides is 2. The van der Waals surface area contributed by atoms with Gasteiger partial charge in [-0.2, -0.15) is 5.10 Å². The third-order valence-electron chi connectivity index (χ3n) is 6.68. The summed E-state index contributed by atoms with van der Waals surface area (Å²) in [6, 6.07) is 1.52. The van der Waals surface area contributed by atoms with Crippen molar-refractivity contribution in [3.05, 3.63) is 77.1 Å². The van der Waals surface area contributed by atoms with Gasteiger partial charge in [0, 0.05) is 67.7 Å². The van der Waals surface area contributed by atoms with E-state index in [0.717, 1.165) is 37.3 Å². The number of rotatable bonds is 12. The Morgan fingerprint density at radius 3 is 2.87 bits per heavy atom. The van der Waals surface area contributed by atoms with E-state index in [9.17, 15) is 8.78 Å². The zero-order valence-electron chi connectivity index (χ0n) is 22.8. The standard InChI is InChI=1S/C29H40F2N6O/c1-6-22(14-24-17-35-37-27(24)32)23-9-7-8-21(10-11-23)16-33-28-26(15-25(18-34-28)29(4,30)31)20(3)36-19(2)12-13-38-5/h6,8,10-11,14-15,18-19,23,35-36H,3,7,9,12-13,16-17H2,1-2,4-5H3,(H2,32,37)(H,33,34)/b22-6+,24-14+. The third kappa shape index (κ3) is 8.02. The number of nitrogens with one attached hydrogen (secondary N) is 3. The van der Waals surface area contributed by atoms with Crippen molar-refractivity contribution < 1.29 is 13.5 Å². The normalized spacial score (nSPS) is 19.9. The van der Waals surface area contributed by atoms with Gasteiger partial charge in [0.05, 0.1) is 6.54 Å². The van der Waals surface area contributed by atoms with E-state index in [1.807, 2.05) is 13.8 Å². The molecule has 2 atom stereocenters. The summed E-state index contributed by atoms with van der Waals surface area (Å²) in [5, 5.41) is 10.7. The fourth-order valence-corrected chi connectivity index (χ4v) is 4.37. The monoisotopic (exact) mass is 526 g/mol. The lowest BCUT2D eigenvalue weighted by molar-refractivity contribution is 0.0171. The quantitative estimate of drug-likeness (QED) is 0.298. The van der Waals surface area contributed by atoms with Crippen LogP contribution in [0.1, 0.15) is 51.2 Å². The highest BCUT2D eigenvalue weighted by Crippen LogP contribution is 2.31. The molecular weight excluding hydrogens is 486 g/mol. The number of hydrogen-bond donors (Lipinski definition) is 4. The molecule has 2 unspecified atom stereocenters. The summed E-state index contributed by atoms with van der Waals surface area (Å²) in [4.78, 5) is 4.35.